The number of hydrogen-bond donors (Lipinski definition) is 3. The summed E-state index contributed by atoms with van der Waals surface area (Å²) in [4.78, 5) is 39.3. The molecule has 196 valence electrons. The molecule has 0 radical (unpaired) electrons. The van der Waals surface area contributed by atoms with E-state index in [0.29, 0.717) is 28.7 Å². The van der Waals surface area contributed by atoms with Crippen LogP contribution in [0.5, 0.6) is 11.5 Å². The molecule has 0 bridgehead atoms. The van der Waals surface area contributed by atoms with Gasteiger partial charge < -0.3 is 29.9 Å². The zero-order valence-corrected chi connectivity index (χ0v) is 20.5. The highest BCUT2D eigenvalue weighted by Crippen LogP contribution is 2.51. The van der Waals surface area contributed by atoms with E-state index in [1.165, 1.54) is 36.3 Å². The van der Waals surface area contributed by atoms with Gasteiger partial charge in [-0.1, -0.05) is 19.1 Å². The van der Waals surface area contributed by atoms with Crippen LogP contribution in [0.1, 0.15) is 40.7 Å². The molecule has 2 aromatic rings. The Morgan fingerprint density at radius 3 is 2.59 bits per heavy atom. The average molecular weight is 513 g/mol. The Labute approximate surface area is 213 Å². The lowest BCUT2D eigenvalue weighted by molar-refractivity contribution is -0.137. The van der Waals surface area contributed by atoms with Crippen molar-refractivity contribution in [1.82, 2.24) is 10.2 Å². The van der Waals surface area contributed by atoms with Gasteiger partial charge in [-0.2, -0.15) is 0 Å². The Hall–Kier alpha value is -3.76. The number of aliphatic hydroxyl groups excluding tert-OH is 2. The minimum Gasteiger partial charge on any atom is -0.493 e. The van der Waals surface area contributed by atoms with Crippen LogP contribution in [-0.4, -0.2) is 71.7 Å². The molecule has 0 spiro atoms. The summed E-state index contributed by atoms with van der Waals surface area (Å²) in [6, 6.07) is 7.82. The number of hydrogen-bond acceptors (Lipinski definition) is 7. The number of aldehydes is 1. The summed E-state index contributed by atoms with van der Waals surface area (Å²) >= 11 is 0. The normalized spacial score (nSPS) is 21.7. The second-order valence-electron chi connectivity index (χ2n) is 8.90. The summed E-state index contributed by atoms with van der Waals surface area (Å²) in [6.45, 7) is 1.48. The molecule has 9 nitrogen and oxygen atoms in total. The number of amides is 2. The zero-order chi connectivity index (χ0) is 26.7. The molecule has 0 fully saturated rings. The lowest BCUT2D eigenvalue weighted by Gasteiger charge is -2.40. The van der Waals surface area contributed by atoms with Crippen LogP contribution < -0.4 is 14.8 Å². The molecule has 10 heteroatoms. The molecule has 0 saturated carbocycles. The SMILES string of the molecule is CCC(=O)N(Cc1ccc(F)cc1)[C@@H]1C=C(C(=O)NCCO)[C@@H]2c3cc(C=O)cc(OC)c3O[C@@H]2[C@H]1O. The van der Waals surface area contributed by atoms with E-state index in [-0.39, 0.29) is 43.3 Å². The quantitative estimate of drug-likeness (QED) is 0.437. The first-order valence-electron chi connectivity index (χ1n) is 12.0. The maximum absolute atomic E-state index is 13.5. The molecule has 0 aromatic heterocycles. The van der Waals surface area contributed by atoms with Crippen LogP contribution in [0.2, 0.25) is 0 Å². The van der Waals surface area contributed by atoms with Gasteiger partial charge in [0.25, 0.3) is 0 Å². The maximum Gasteiger partial charge on any atom is 0.247 e. The molecule has 4 atom stereocenters. The van der Waals surface area contributed by atoms with Gasteiger partial charge in [0.2, 0.25) is 11.8 Å². The van der Waals surface area contributed by atoms with Crippen molar-refractivity contribution in [3.8, 4) is 11.5 Å². The summed E-state index contributed by atoms with van der Waals surface area (Å²) in [6.07, 6.45) is 0.116. The molecule has 3 N–H and O–H groups in total. The van der Waals surface area contributed by atoms with E-state index in [1.54, 1.807) is 25.1 Å². The molecule has 2 aromatic carbocycles. The second kappa shape index (κ2) is 11.1. The van der Waals surface area contributed by atoms with E-state index in [4.69, 9.17) is 9.47 Å². The summed E-state index contributed by atoms with van der Waals surface area (Å²) in [5, 5.41) is 23.4. The molecule has 0 unspecified atom stereocenters. The molecule has 2 amide bonds. The standard InChI is InChI=1S/C27H29FN2O7/c1-3-22(33)30(13-15-4-6-17(28)7-5-15)20-12-19(27(35)29-8-9-31)23-18-10-16(14-32)11-21(36-2)25(18)37-26(23)24(20)34/h4-7,10-12,14,20,23-24,26,31,34H,3,8-9,13H2,1-2H3,(H,29,35)/t20-,23+,24+,26+/m1/s1. The van der Waals surface area contributed by atoms with Crippen molar-refractivity contribution >= 4 is 18.1 Å². The number of fused-ring (bicyclic) bond motifs is 3. The number of carbonyl (C=O) groups is 3. The first-order valence-corrected chi connectivity index (χ1v) is 12.0. The smallest absolute Gasteiger partial charge is 0.247 e. The molecule has 1 aliphatic carbocycles. The largest absolute Gasteiger partial charge is 0.493 e. The third kappa shape index (κ3) is 5.07. The van der Waals surface area contributed by atoms with Crippen LogP contribution >= 0.6 is 0 Å². The van der Waals surface area contributed by atoms with E-state index < -0.39 is 35.9 Å². The minimum atomic E-state index is -1.24. The third-order valence-corrected chi connectivity index (χ3v) is 6.66. The summed E-state index contributed by atoms with van der Waals surface area (Å²) in [7, 11) is 1.42. The third-order valence-electron chi connectivity index (χ3n) is 6.66. The zero-order valence-electron chi connectivity index (χ0n) is 20.5. The van der Waals surface area contributed by atoms with Crippen LogP contribution in [0, 0.1) is 5.82 Å². The van der Waals surface area contributed by atoms with Gasteiger partial charge in [-0.25, -0.2) is 4.39 Å². The fraction of sp³-hybridized carbons (Fsp3) is 0.370. The van der Waals surface area contributed by atoms with E-state index in [2.05, 4.69) is 5.32 Å². The summed E-state index contributed by atoms with van der Waals surface area (Å²) < 4.78 is 25.0. The number of methoxy groups -OCH3 is 1. The number of nitrogens with zero attached hydrogens (tertiary/aromatic N) is 1. The topological polar surface area (TPSA) is 125 Å². The Morgan fingerprint density at radius 1 is 1.24 bits per heavy atom. The Morgan fingerprint density at radius 2 is 1.97 bits per heavy atom. The van der Waals surface area contributed by atoms with E-state index in [1.807, 2.05) is 0 Å². The van der Waals surface area contributed by atoms with Crippen molar-refractivity contribution in [3.05, 3.63) is 70.6 Å². The lowest BCUT2D eigenvalue weighted by atomic mass is 9.77. The van der Waals surface area contributed by atoms with Crippen LogP contribution in [0.25, 0.3) is 0 Å². The number of nitrogens with one attached hydrogen (secondary N) is 1. The molecule has 0 saturated heterocycles. The number of rotatable bonds is 9. The highest BCUT2D eigenvalue weighted by Gasteiger charge is 2.51. The van der Waals surface area contributed by atoms with E-state index in [0.717, 1.165) is 0 Å². The first-order chi connectivity index (χ1) is 17.8. The molecule has 1 aliphatic heterocycles. The molecule has 4 rings (SSSR count). The van der Waals surface area contributed by atoms with Crippen molar-refractivity contribution in [2.45, 2.75) is 44.1 Å². The second-order valence-corrected chi connectivity index (χ2v) is 8.90. The van der Waals surface area contributed by atoms with Crippen LogP contribution in [0.3, 0.4) is 0 Å². The van der Waals surface area contributed by atoms with Crippen molar-refractivity contribution < 1.29 is 38.5 Å². The van der Waals surface area contributed by atoms with E-state index in [9.17, 15) is 29.0 Å². The van der Waals surface area contributed by atoms with Crippen molar-refractivity contribution in [1.29, 1.82) is 0 Å². The highest BCUT2D eigenvalue weighted by atomic mass is 19.1. The van der Waals surface area contributed by atoms with Crippen LogP contribution in [-0.2, 0) is 16.1 Å². The van der Waals surface area contributed by atoms with Crippen molar-refractivity contribution in [2.24, 2.45) is 0 Å². The maximum atomic E-state index is 13.5. The molecular formula is C27H29FN2O7. The number of benzene rings is 2. The van der Waals surface area contributed by atoms with E-state index >= 15 is 0 Å². The predicted molar refractivity (Wildman–Crippen MR) is 131 cm³/mol. The Bertz CT molecular complexity index is 1210. The fourth-order valence-corrected chi connectivity index (χ4v) is 4.91. The predicted octanol–water partition coefficient (Wildman–Crippen LogP) is 1.71. The van der Waals surface area contributed by atoms with Gasteiger partial charge in [0, 0.05) is 36.2 Å². The average Bonchev–Trinajstić information content (AvgIpc) is 3.31. The minimum absolute atomic E-state index is 0.000618. The fourth-order valence-electron chi connectivity index (χ4n) is 4.91. The molecule has 1 heterocycles. The van der Waals surface area contributed by atoms with Crippen molar-refractivity contribution in [3.63, 3.8) is 0 Å². The molecule has 37 heavy (non-hydrogen) atoms. The molecular weight excluding hydrogens is 483 g/mol. The van der Waals surface area contributed by atoms with Gasteiger partial charge in [-0.3, -0.25) is 14.4 Å². The van der Waals surface area contributed by atoms with Crippen LogP contribution in [0.15, 0.2) is 48.0 Å². The van der Waals surface area contributed by atoms with Gasteiger partial charge in [0.05, 0.1) is 25.7 Å². The summed E-state index contributed by atoms with van der Waals surface area (Å²) in [5.74, 6) is -1.37. The van der Waals surface area contributed by atoms with Gasteiger partial charge in [0.1, 0.15) is 24.3 Å². The number of carbonyl (C=O) groups excluding carboxylic acids is 3. The number of halogens is 1. The summed E-state index contributed by atoms with van der Waals surface area (Å²) in [5.41, 5.74) is 1.68. The van der Waals surface area contributed by atoms with Crippen LogP contribution in [0.4, 0.5) is 4.39 Å². The Kier molecular flexibility index (Phi) is 7.89. The van der Waals surface area contributed by atoms with Gasteiger partial charge in [0.15, 0.2) is 11.5 Å². The highest BCUT2D eigenvalue weighted by molar-refractivity contribution is 5.96. The first kappa shape index (κ1) is 26.3. The van der Waals surface area contributed by atoms with Gasteiger partial charge >= 0.3 is 0 Å². The molecule has 2 aliphatic rings. The number of aliphatic hydroxyl groups is 2. The number of ether oxygens (including phenoxy) is 2. The van der Waals surface area contributed by atoms with Crippen molar-refractivity contribution in [2.75, 3.05) is 20.3 Å². The monoisotopic (exact) mass is 512 g/mol. The van der Waals surface area contributed by atoms with Gasteiger partial charge in [-0.15, -0.1) is 0 Å². The van der Waals surface area contributed by atoms with Gasteiger partial charge in [-0.05, 0) is 35.9 Å². The Balaban J connectivity index is 1.81. The lowest BCUT2D eigenvalue weighted by Crippen LogP contribution is -2.55.